The van der Waals surface area contributed by atoms with E-state index in [2.05, 4.69) is 27.7 Å². The van der Waals surface area contributed by atoms with E-state index in [-0.39, 0.29) is 0 Å². The molecule has 0 aliphatic carbocycles. The summed E-state index contributed by atoms with van der Waals surface area (Å²) in [6, 6.07) is 0. The van der Waals surface area contributed by atoms with Gasteiger partial charge in [-0.2, -0.15) is 0 Å². The largest absolute Gasteiger partial charge is 0.424 e. The Hall–Kier alpha value is 0.440. The third-order valence-electron chi connectivity index (χ3n) is 7.79. The molecule has 5 heteroatoms. The lowest BCUT2D eigenvalue weighted by Gasteiger charge is -2.22. The highest BCUT2D eigenvalue weighted by molar-refractivity contribution is 7.81. The van der Waals surface area contributed by atoms with E-state index in [9.17, 15) is 4.57 Å². The van der Waals surface area contributed by atoms with Gasteiger partial charge in [0.05, 0.1) is 13.2 Å². The predicted octanol–water partition coefficient (Wildman–Crippen LogP) is 13.0. The lowest BCUT2D eigenvalue weighted by molar-refractivity contribution is 0.156. The minimum Gasteiger partial charge on any atom is -0.297 e. The quantitative estimate of drug-likeness (QED) is 0.0642. The van der Waals surface area contributed by atoms with Crippen LogP contribution < -0.4 is 0 Å². The van der Waals surface area contributed by atoms with Crippen molar-refractivity contribution in [2.24, 2.45) is 11.8 Å². The van der Waals surface area contributed by atoms with Crippen molar-refractivity contribution in [2.75, 3.05) is 13.2 Å². The highest BCUT2D eigenvalue weighted by atomic mass is 35.7. The second kappa shape index (κ2) is 28.0. The van der Waals surface area contributed by atoms with Gasteiger partial charge in [0.2, 0.25) is 0 Å². The van der Waals surface area contributed by atoms with Crippen molar-refractivity contribution >= 4 is 18.2 Å². The monoisotopic (exact) mass is 564 g/mol. The highest BCUT2D eigenvalue weighted by Crippen LogP contribution is 2.54. The average molecular weight is 565 g/mol. The summed E-state index contributed by atoms with van der Waals surface area (Å²) in [5.41, 5.74) is 0. The molecule has 0 spiro atoms. The normalized spacial score (nSPS) is 15.1. The molecule has 37 heavy (non-hydrogen) atoms. The molecule has 0 aliphatic rings. The number of hydrogen-bond acceptors (Lipinski definition) is 3. The molecule has 0 aromatic rings. The standard InChI is InChI=1S/C32H66ClO3P/c1-5-9-13-17-19-23-27-31(25-21-15-11-7-3)29-35-37(33,34)36-30-32(26-22-16-12-8-4)28-24-20-18-14-10-6-2/h31-32H,5-30H2,1-4H3. The minimum absolute atomic E-state index is 0.437. The second-order valence-corrected chi connectivity index (χ2v) is 14.2. The number of rotatable bonds is 30. The molecule has 2 atom stereocenters. The molecule has 0 aromatic heterocycles. The number of hydrogen-bond donors (Lipinski definition) is 0. The molecular weight excluding hydrogens is 499 g/mol. The van der Waals surface area contributed by atoms with E-state index in [1.54, 1.807) is 0 Å². The van der Waals surface area contributed by atoms with Crippen LogP contribution in [-0.4, -0.2) is 13.2 Å². The molecule has 0 rings (SSSR count). The maximum atomic E-state index is 13.0. The van der Waals surface area contributed by atoms with Crippen LogP contribution in [0.3, 0.4) is 0 Å². The van der Waals surface area contributed by atoms with Crippen molar-refractivity contribution < 1.29 is 13.6 Å². The third-order valence-corrected chi connectivity index (χ3v) is 9.29. The molecule has 0 aromatic carbocycles. The van der Waals surface area contributed by atoms with Crippen LogP contribution in [0.25, 0.3) is 0 Å². The Bertz CT molecular complexity index is 462. The Balaban J connectivity index is 4.57. The van der Waals surface area contributed by atoms with Crippen molar-refractivity contribution in [1.29, 1.82) is 0 Å². The Labute approximate surface area is 238 Å². The van der Waals surface area contributed by atoms with Gasteiger partial charge in [-0.05, 0) is 37.5 Å². The first kappa shape index (κ1) is 37.4. The lowest BCUT2D eigenvalue weighted by atomic mass is 9.95. The van der Waals surface area contributed by atoms with E-state index in [4.69, 9.17) is 20.3 Å². The Morgan fingerprint density at radius 1 is 0.459 bits per heavy atom. The molecule has 3 nitrogen and oxygen atoms in total. The van der Waals surface area contributed by atoms with Crippen LogP contribution in [0.5, 0.6) is 0 Å². The van der Waals surface area contributed by atoms with Crippen LogP contribution in [0, 0.1) is 11.8 Å². The van der Waals surface area contributed by atoms with Crippen molar-refractivity contribution in [2.45, 2.75) is 182 Å². The average Bonchev–Trinajstić information content (AvgIpc) is 2.89. The summed E-state index contributed by atoms with van der Waals surface area (Å²) >= 11 is 6.34. The smallest absolute Gasteiger partial charge is 0.297 e. The zero-order chi connectivity index (χ0) is 27.5. The zero-order valence-electron chi connectivity index (χ0n) is 25.6. The van der Waals surface area contributed by atoms with E-state index in [0.29, 0.717) is 25.0 Å². The summed E-state index contributed by atoms with van der Waals surface area (Å²) in [6.45, 7) is 6.45. The van der Waals surface area contributed by atoms with Gasteiger partial charge >= 0.3 is 6.95 Å². The van der Waals surface area contributed by atoms with Gasteiger partial charge in [0.1, 0.15) is 0 Å². The van der Waals surface area contributed by atoms with Crippen LogP contribution >= 0.6 is 18.2 Å². The summed E-state index contributed by atoms with van der Waals surface area (Å²) in [4.78, 5) is 0. The first-order valence-electron chi connectivity index (χ1n) is 16.6. The van der Waals surface area contributed by atoms with Crippen LogP contribution in [0.2, 0.25) is 0 Å². The second-order valence-electron chi connectivity index (χ2n) is 11.6. The van der Waals surface area contributed by atoms with Crippen LogP contribution in [-0.2, 0) is 13.6 Å². The maximum Gasteiger partial charge on any atom is 0.424 e. The first-order valence-corrected chi connectivity index (χ1v) is 19.0. The summed E-state index contributed by atoms with van der Waals surface area (Å²) < 4.78 is 24.6. The van der Waals surface area contributed by atoms with Gasteiger partial charge in [-0.3, -0.25) is 9.05 Å². The molecule has 0 N–H and O–H groups in total. The summed E-state index contributed by atoms with van der Waals surface area (Å²) in [6.07, 6.45) is 30.3. The van der Waals surface area contributed by atoms with E-state index < -0.39 is 6.95 Å². The van der Waals surface area contributed by atoms with Gasteiger partial charge in [-0.25, -0.2) is 4.57 Å². The van der Waals surface area contributed by atoms with Crippen molar-refractivity contribution in [1.82, 2.24) is 0 Å². The molecule has 0 heterocycles. The summed E-state index contributed by atoms with van der Waals surface area (Å²) in [5.74, 6) is 0.873. The number of halogens is 1. The predicted molar refractivity (Wildman–Crippen MR) is 166 cm³/mol. The molecule has 0 bridgehead atoms. The van der Waals surface area contributed by atoms with E-state index in [1.165, 1.54) is 128 Å². The molecular formula is C32H66ClO3P. The fraction of sp³-hybridized carbons (Fsp3) is 1.00. The van der Waals surface area contributed by atoms with Gasteiger partial charge in [0.25, 0.3) is 0 Å². The van der Waals surface area contributed by atoms with Gasteiger partial charge in [0.15, 0.2) is 0 Å². The van der Waals surface area contributed by atoms with Crippen LogP contribution in [0.15, 0.2) is 0 Å². The van der Waals surface area contributed by atoms with E-state index in [0.717, 1.165) is 25.7 Å². The van der Waals surface area contributed by atoms with E-state index >= 15 is 0 Å². The summed E-state index contributed by atoms with van der Waals surface area (Å²) in [7, 11) is 0. The van der Waals surface area contributed by atoms with Crippen LogP contribution in [0.4, 0.5) is 0 Å². The van der Waals surface area contributed by atoms with Gasteiger partial charge in [-0.1, -0.05) is 156 Å². The molecule has 0 fully saturated rings. The molecule has 0 aliphatic heterocycles. The molecule has 2 unspecified atom stereocenters. The molecule has 0 saturated heterocycles. The van der Waals surface area contributed by atoms with Crippen molar-refractivity contribution in [3.8, 4) is 0 Å². The maximum absolute atomic E-state index is 13.0. The van der Waals surface area contributed by atoms with Gasteiger partial charge in [-0.15, -0.1) is 0 Å². The molecule has 0 radical (unpaired) electrons. The first-order chi connectivity index (χ1) is 18.0. The van der Waals surface area contributed by atoms with Gasteiger partial charge in [0, 0.05) is 11.2 Å². The molecule has 0 saturated carbocycles. The third kappa shape index (κ3) is 26.4. The molecule has 0 amide bonds. The highest BCUT2D eigenvalue weighted by Gasteiger charge is 2.25. The van der Waals surface area contributed by atoms with Crippen molar-refractivity contribution in [3.63, 3.8) is 0 Å². The number of unbranched alkanes of at least 4 members (excludes halogenated alkanes) is 16. The van der Waals surface area contributed by atoms with E-state index in [1.807, 2.05) is 0 Å². The fourth-order valence-electron chi connectivity index (χ4n) is 5.19. The topological polar surface area (TPSA) is 35.5 Å². The van der Waals surface area contributed by atoms with Crippen LogP contribution in [0.1, 0.15) is 182 Å². The molecule has 224 valence electrons. The summed E-state index contributed by atoms with van der Waals surface area (Å²) in [5, 5.41) is 0. The Morgan fingerprint density at radius 3 is 1.00 bits per heavy atom. The minimum atomic E-state index is -3.53. The Morgan fingerprint density at radius 2 is 0.703 bits per heavy atom. The van der Waals surface area contributed by atoms with Crippen molar-refractivity contribution in [3.05, 3.63) is 0 Å². The lowest BCUT2D eigenvalue weighted by Crippen LogP contribution is -2.12. The zero-order valence-corrected chi connectivity index (χ0v) is 27.2. The fourth-order valence-corrected chi connectivity index (χ4v) is 6.38. The SMILES string of the molecule is CCCCCCCCC(CCCCCC)COP(=O)(Cl)OCC(CCCCCC)CCCCCCCC. The Kier molecular flexibility index (Phi) is 28.3. The van der Waals surface area contributed by atoms with Gasteiger partial charge < -0.3 is 0 Å².